The monoisotopic (exact) mass is 414 g/mol. The highest BCUT2D eigenvalue weighted by Gasteiger charge is 2.28. The van der Waals surface area contributed by atoms with Crippen LogP contribution in [0, 0.1) is 5.82 Å². The lowest BCUT2D eigenvalue weighted by atomic mass is 10.1. The molecule has 0 bridgehead atoms. The summed E-state index contributed by atoms with van der Waals surface area (Å²) >= 11 is 6.24. The van der Waals surface area contributed by atoms with Gasteiger partial charge in [-0.15, -0.1) is 10.2 Å². The molecule has 1 aromatic carbocycles. The zero-order valence-corrected chi connectivity index (χ0v) is 16.7. The van der Waals surface area contributed by atoms with Gasteiger partial charge in [0.25, 0.3) is 0 Å². The van der Waals surface area contributed by atoms with Gasteiger partial charge in [-0.25, -0.2) is 14.4 Å². The van der Waals surface area contributed by atoms with Crippen LogP contribution < -0.4 is 9.80 Å². The van der Waals surface area contributed by atoms with E-state index in [-0.39, 0.29) is 0 Å². The topological polar surface area (TPSA) is 66.2 Å². The fraction of sp³-hybridized carbons (Fsp3) is 0.368. The van der Waals surface area contributed by atoms with Gasteiger partial charge in [0.1, 0.15) is 0 Å². The minimum Gasteiger partial charge on any atom is -0.337 e. The van der Waals surface area contributed by atoms with E-state index in [2.05, 4.69) is 46.5 Å². The van der Waals surface area contributed by atoms with E-state index in [0.29, 0.717) is 12.5 Å². The van der Waals surface area contributed by atoms with Crippen LogP contribution in [0.1, 0.15) is 11.4 Å². The Morgan fingerprint density at radius 3 is 2.45 bits per heavy atom. The molecule has 5 rings (SSSR count). The smallest absolute Gasteiger partial charge is 0.232 e. The number of benzene rings is 1. The largest absolute Gasteiger partial charge is 0.337 e. The standard InChI is InChI=1S/C19H20ClFN8/c1-26-11-13-8-14(20)2-3-16(13)29-17(12-26)24-25-19(29)28-6-4-27(5-7-28)18-22-9-15(21)10-23-18/h2-3,8-10H,4-7,11-12H2,1H3. The highest BCUT2D eigenvalue weighted by Crippen LogP contribution is 2.30. The Balaban J connectivity index is 1.43. The molecule has 2 aliphatic heterocycles. The molecule has 0 atom stereocenters. The van der Waals surface area contributed by atoms with Crippen LogP contribution in [0.2, 0.25) is 5.02 Å². The van der Waals surface area contributed by atoms with Crippen LogP contribution in [0.3, 0.4) is 0 Å². The Labute approximate surface area is 172 Å². The fourth-order valence-corrected chi connectivity index (χ4v) is 4.12. The Bertz CT molecular complexity index is 1030. The Morgan fingerprint density at radius 1 is 0.966 bits per heavy atom. The molecule has 150 valence electrons. The highest BCUT2D eigenvalue weighted by atomic mass is 35.5. The Kier molecular flexibility index (Phi) is 4.56. The van der Waals surface area contributed by atoms with Gasteiger partial charge in [-0.3, -0.25) is 9.47 Å². The number of hydrogen-bond donors (Lipinski definition) is 0. The molecule has 0 amide bonds. The average Bonchev–Trinajstić information content (AvgIpc) is 3.06. The zero-order valence-electron chi connectivity index (χ0n) is 16.0. The maximum absolute atomic E-state index is 13.1. The number of hydrogen-bond acceptors (Lipinski definition) is 7. The molecule has 0 radical (unpaired) electrons. The van der Waals surface area contributed by atoms with E-state index in [1.165, 1.54) is 12.4 Å². The van der Waals surface area contributed by atoms with Crippen molar-refractivity contribution < 1.29 is 4.39 Å². The first kappa shape index (κ1) is 18.3. The summed E-state index contributed by atoms with van der Waals surface area (Å²) in [5, 5.41) is 9.70. The van der Waals surface area contributed by atoms with Crippen LogP contribution in [0.4, 0.5) is 16.3 Å². The minimum absolute atomic E-state index is 0.428. The van der Waals surface area contributed by atoms with Crippen molar-refractivity contribution >= 4 is 23.5 Å². The molecule has 29 heavy (non-hydrogen) atoms. The maximum Gasteiger partial charge on any atom is 0.232 e. The number of nitrogens with zero attached hydrogens (tertiary/aromatic N) is 8. The van der Waals surface area contributed by atoms with Crippen molar-refractivity contribution in [1.29, 1.82) is 0 Å². The number of fused-ring (bicyclic) bond motifs is 3. The van der Waals surface area contributed by atoms with Crippen LogP contribution in [0.5, 0.6) is 0 Å². The lowest BCUT2D eigenvalue weighted by Gasteiger charge is -2.35. The van der Waals surface area contributed by atoms with Crippen LogP contribution >= 0.6 is 11.6 Å². The summed E-state index contributed by atoms with van der Waals surface area (Å²) in [4.78, 5) is 14.7. The second kappa shape index (κ2) is 7.23. The summed E-state index contributed by atoms with van der Waals surface area (Å²) < 4.78 is 15.2. The van der Waals surface area contributed by atoms with Crippen LogP contribution in [0.15, 0.2) is 30.6 Å². The summed E-state index contributed by atoms with van der Waals surface area (Å²) in [7, 11) is 2.07. The van der Waals surface area contributed by atoms with Crippen LogP contribution in [-0.2, 0) is 13.1 Å². The molecule has 8 nitrogen and oxygen atoms in total. The second-order valence-corrected chi connectivity index (χ2v) is 7.81. The molecular weight excluding hydrogens is 395 g/mol. The van der Waals surface area contributed by atoms with Crippen LogP contribution in [-0.4, -0.2) is 62.9 Å². The number of aromatic nitrogens is 5. The van der Waals surface area contributed by atoms with Gasteiger partial charge in [-0.1, -0.05) is 11.6 Å². The third-order valence-electron chi connectivity index (χ3n) is 5.30. The molecule has 0 N–H and O–H groups in total. The summed E-state index contributed by atoms with van der Waals surface area (Å²) in [5.41, 5.74) is 2.22. The summed E-state index contributed by atoms with van der Waals surface area (Å²) in [5.74, 6) is 1.86. The lowest BCUT2D eigenvalue weighted by Crippen LogP contribution is -2.48. The molecule has 1 saturated heterocycles. The SMILES string of the molecule is CN1Cc2cc(Cl)ccc2-n2c(nnc2N2CCN(c3ncc(F)cn3)CC2)C1. The fourth-order valence-electron chi connectivity index (χ4n) is 3.92. The molecular formula is C19H20ClFN8. The van der Waals surface area contributed by atoms with Crippen molar-refractivity contribution in [3.05, 3.63) is 52.8 Å². The number of rotatable bonds is 2. The molecule has 0 spiro atoms. The van der Waals surface area contributed by atoms with Crippen molar-refractivity contribution in [3.63, 3.8) is 0 Å². The van der Waals surface area contributed by atoms with E-state index in [0.717, 1.165) is 60.8 Å². The van der Waals surface area contributed by atoms with Gasteiger partial charge < -0.3 is 9.80 Å². The van der Waals surface area contributed by atoms with Gasteiger partial charge in [0.2, 0.25) is 11.9 Å². The minimum atomic E-state index is -0.428. The Morgan fingerprint density at radius 2 is 1.69 bits per heavy atom. The van der Waals surface area contributed by atoms with E-state index in [1.807, 2.05) is 18.2 Å². The van der Waals surface area contributed by atoms with Crippen LogP contribution in [0.25, 0.3) is 5.69 Å². The second-order valence-electron chi connectivity index (χ2n) is 7.37. The van der Waals surface area contributed by atoms with E-state index in [9.17, 15) is 4.39 Å². The van der Waals surface area contributed by atoms with Gasteiger partial charge in [0.05, 0.1) is 24.6 Å². The Hall–Kier alpha value is -2.78. The van der Waals surface area contributed by atoms with Crippen molar-refractivity contribution in [1.82, 2.24) is 29.6 Å². The van der Waals surface area contributed by atoms with E-state index < -0.39 is 5.82 Å². The van der Waals surface area contributed by atoms with Crippen molar-refractivity contribution in [2.45, 2.75) is 13.1 Å². The molecule has 4 heterocycles. The predicted octanol–water partition coefficient (Wildman–Crippen LogP) is 2.12. The maximum atomic E-state index is 13.1. The molecule has 2 aromatic heterocycles. The molecule has 1 fully saturated rings. The first-order valence-corrected chi connectivity index (χ1v) is 9.85. The molecule has 0 unspecified atom stereocenters. The van der Waals surface area contributed by atoms with Gasteiger partial charge in [0.15, 0.2) is 11.6 Å². The highest BCUT2D eigenvalue weighted by molar-refractivity contribution is 6.30. The lowest BCUT2D eigenvalue weighted by molar-refractivity contribution is 0.315. The van der Waals surface area contributed by atoms with E-state index >= 15 is 0 Å². The van der Waals surface area contributed by atoms with Gasteiger partial charge in [0, 0.05) is 37.7 Å². The first-order chi connectivity index (χ1) is 14.1. The predicted molar refractivity (Wildman–Crippen MR) is 108 cm³/mol. The molecule has 0 saturated carbocycles. The van der Waals surface area contributed by atoms with Gasteiger partial charge in [-0.2, -0.15) is 0 Å². The van der Waals surface area contributed by atoms with E-state index in [4.69, 9.17) is 11.6 Å². The zero-order chi connectivity index (χ0) is 20.0. The van der Waals surface area contributed by atoms with Gasteiger partial charge >= 0.3 is 0 Å². The van der Waals surface area contributed by atoms with E-state index in [1.54, 1.807) is 0 Å². The summed E-state index contributed by atoms with van der Waals surface area (Å²) in [6, 6.07) is 5.95. The first-order valence-electron chi connectivity index (χ1n) is 9.47. The molecule has 2 aliphatic rings. The normalized spacial score (nSPS) is 17.1. The van der Waals surface area contributed by atoms with Crippen molar-refractivity contribution in [3.8, 4) is 5.69 Å². The third-order valence-corrected chi connectivity index (χ3v) is 5.53. The molecule has 10 heteroatoms. The summed E-state index contributed by atoms with van der Waals surface area (Å²) in [6.07, 6.45) is 2.40. The third kappa shape index (κ3) is 3.40. The van der Waals surface area contributed by atoms with Crippen molar-refractivity contribution in [2.24, 2.45) is 0 Å². The molecule has 3 aromatic rings. The number of anilines is 2. The van der Waals surface area contributed by atoms with Gasteiger partial charge in [-0.05, 0) is 30.8 Å². The van der Waals surface area contributed by atoms with Crippen molar-refractivity contribution in [2.75, 3.05) is 43.0 Å². The number of piperazine rings is 1. The molecule has 0 aliphatic carbocycles. The summed E-state index contributed by atoms with van der Waals surface area (Å²) in [6.45, 7) is 4.45. The quantitative estimate of drug-likeness (QED) is 0.636. The average molecular weight is 415 g/mol. The number of halogens is 2.